The fourth-order valence-electron chi connectivity index (χ4n) is 2.59. The summed E-state index contributed by atoms with van der Waals surface area (Å²) in [7, 11) is -3.78. The number of sulfonamides is 1. The number of nitrogens with one attached hydrogen (secondary N) is 1. The SMILES string of the molecule is Cc1c(NC(=O)[C@@H](C)N(c2ccc(Cl)cc2)S(C)(=O)=O)cccc1[N+](=O)[O-]. The van der Waals surface area contributed by atoms with Crippen molar-refractivity contribution in [3.8, 4) is 0 Å². The molecule has 2 aromatic rings. The van der Waals surface area contributed by atoms with Crippen molar-refractivity contribution in [2.75, 3.05) is 15.9 Å². The molecule has 0 aliphatic carbocycles. The highest BCUT2D eigenvalue weighted by molar-refractivity contribution is 7.92. The van der Waals surface area contributed by atoms with Gasteiger partial charge in [-0.1, -0.05) is 17.7 Å². The van der Waals surface area contributed by atoms with Gasteiger partial charge in [-0.15, -0.1) is 0 Å². The van der Waals surface area contributed by atoms with Crippen molar-refractivity contribution < 1.29 is 18.1 Å². The van der Waals surface area contributed by atoms with E-state index in [1.165, 1.54) is 56.3 Å². The number of hydrogen-bond donors (Lipinski definition) is 1. The fourth-order valence-corrected chi connectivity index (χ4v) is 3.89. The molecule has 8 nitrogen and oxygen atoms in total. The van der Waals surface area contributed by atoms with Crippen LogP contribution in [-0.2, 0) is 14.8 Å². The standard InChI is InChI=1S/C17H18ClN3O5S/c1-11-15(5-4-6-16(11)21(23)24)19-17(22)12(2)20(27(3,25)26)14-9-7-13(18)8-10-14/h4-10,12H,1-3H3,(H,19,22)/t12-/m1/s1. The first-order valence-corrected chi connectivity index (χ1v) is 10.0. The van der Waals surface area contributed by atoms with Crippen molar-refractivity contribution in [1.29, 1.82) is 0 Å². The Morgan fingerprint density at radius 1 is 1.22 bits per heavy atom. The number of carbonyl (C=O) groups excluding carboxylic acids is 1. The molecule has 10 heteroatoms. The molecule has 0 spiro atoms. The summed E-state index contributed by atoms with van der Waals surface area (Å²) in [5, 5.41) is 14.0. The van der Waals surface area contributed by atoms with Crippen LogP contribution >= 0.6 is 11.6 Å². The van der Waals surface area contributed by atoms with Crippen LogP contribution in [0.4, 0.5) is 17.1 Å². The van der Waals surface area contributed by atoms with Crippen LogP contribution in [0.2, 0.25) is 5.02 Å². The van der Waals surface area contributed by atoms with Crippen LogP contribution in [0.1, 0.15) is 12.5 Å². The lowest BCUT2D eigenvalue weighted by Gasteiger charge is -2.28. The van der Waals surface area contributed by atoms with Gasteiger partial charge < -0.3 is 5.32 Å². The largest absolute Gasteiger partial charge is 0.324 e. The van der Waals surface area contributed by atoms with Gasteiger partial charge in [0.15, 0.2) is 0 Å². The van der Waals surface area contributed by atoms with Crippen LogP contribution in [-0.4, -0.2) is 31.5 Å². The van der Waals surface area contributed by atoms with Crippen molar-refractivity contribution in [1.82, 2.24) is 0 Å². The second-order valence-electron chi connectivity index (χ2n) is 5.91. The van der Waals surface area contributed by atoms with E-state index in [0.29, 0.717) is 5.02 Å². The zero-order chi connectivity index (χ0) is 20.4. The fraction of sp³-hybridized carbons (Fsp3) is 0.235. The van der Waals surface area contributed by atoms with E-state index in [-0.39, 0.29) is 22.6 Å². The van der Waals surface area contributed by atoms with E-state index in [2.05, 4.69) is 5.32 Å². The van der Waals surface area contributed by atoms with E-state index in [0.717, 1.165) is 10.6 Å². The van der Waals surface area contributed by atoms with Gasteiger partial charge in [-0.25, -0.2) is 8.42 Å². The molecule has 27 heavy (non-hydrogen) atoms. The first-order valence-electron chi connectivity index (χ1n) is 7.82. The van der Waals surface area contributed by atoms with Crippen LogP contribution in [0.25, 0.3) is 0 Å². The van der Waals surface area contributed by atoms with Gasteiger partial charge in [0.05, 0.1) is 28.1 Å². The number of nitrogens with zero attached hydrogens (tertiary/aromatic N) is 2. The van der Waals surface area contributed by atoms with Gasteiger partial charge in [-0.3, -0.25) is 19.2 Å². The molecule has 0 bridgehead atoms. The number of amides is 1. The number of carbonyl (C=O) groups is 1. The Balaban J connectivity index is 2.35. The predicted molar refractivity (Wildman–Crippen MR) is 105 cm³/mol. The molecule has 0 radical (unpaired) electrons. The van der Waals surface area contributed by atoms with Gasteiger partial charge in [0.25, 0.3) is 5.69 Å². The zero-order valence-corrected chi connectivity index (χ0v) is 16.4. The van der Waals surface area contributed by atoms with Crippen molar-refractivity contribution in [2.24, 2.45) is 0 Å². The lowest BCUT2D eigenvalue weighted by Crippen LogP contribution is -2.45. The van der Waals surface area contributed by atoms with Crippen LogP contribution in [0.3, 0.4) is 0 Å². The molecular formula is C17H18ClN3O5S. The minimum Gasteiger partial charge on any atom is -0.324 e. The van der Waals surface area contributed by atoms with Crippen LogP contribution in [0.15, 0.2) is 42.5 Å². The number of rotatable bonds is 6. The van der Waals surface area contributed by atoms with Crippen molar-refractivity contribution in [3.05, 3.63) is 63.2 Å². The van der Waals surface area contributed by atoms with Gasteiger partial charge in [-0.2, -0.15) is 0 Å². The first kappa shape index (κ1) is 20.7. The van der Waals surface area contributed by atoms with Gasteiger partial charge in [-0.05, 0) is 44.2 Å². The minimum atomic E-state index is -3.78. The smallest absolute Gasteiger partial charge is 0.274 e. The Bertz CT molecular complexity index is 977. The summed E-state index contributed by atoms with van der Waals surface area (Å²) in [6, 6.07) is 9.20. The van der Waals surface area contributed by atoms with E-state index in [1.54, 1.807) is 0 Å². The number of nitro benzene ring substituents is 1. The predicted octanol–water partition coefficient (Wildman–Crippen LogP) is 3.35. The maximum absolute atomic E-state index is 12.7. The van der Waals surface area contributed by atoms with Crippen LogP contribution in [0, 0.1) is 17.0 Å². The third-order valence-electron chi connectivity index (χ3n) is 3.93. The Morgan fingerprint density at radius 3 is 2.33 bits per heavy atom. The van der Waals surface area contributed by atoms with Gasteiger partial charge in [0.1, 0.15) is 6.04 Å². The van der Waals surface area contributed by atoms with Crippen molar-refractivity contribution >= 4 is 44.6 Å². The third kappa shape index (κ3) is 4.75. The van der Waals surface area contributed by atoms with E-state index < -0.39 is 26.9 Å². The highest BCUT2D eigenvalue weighted by Gasteiger charge is 2.29. The average Bonchev–Trinajstić information content (AvgIpc) is 2.57. The Kier molecular flexibility index (Phi) is 6.07. The summed E-state index contributed by atoms with van der Waals surface area (Å²) in [4.78, 5) is 23.2. The molecule has 0 fully saturated rings. The molecule has 1 amide bonds. The number of hydrogen-bond acceptors (Lipinski definition) is 5. The summed E-state index contributed by atoms with van der Waals surface area (Å²) in [6.45, 7) is 2.93. The van der Waals surface area contributed by atoms with Gasteiger partial charge >= 0.3 is 0 Å². The van der Waals surface area contributed by atoms with Gasteiger partial charge in [0.2, 0.25) is 15.9 Å². The normalized spacial score (nSPS) is 12.3. The van der Waals surface area contributed by atoms with E-state index in [1.807, 2.05) is 0 Å². The number of anilines is 2. The Labute approximate surface area is 162 Å². The quantitative estimate of drug-likeness (QED) is 0.579. The molecule has 1 atom stereocenters. The molecule has 0 saturated carbocycles. The van der Waals surface area contributed by atoms with Gasteiger partial charge in [0, 0.05) is 11.1 Å². The van der Waals surface area contributed by atoms with Crippen molar-refractivity contribution in [3.63, 3.8) is 0 Å². The molecule has 0 unspecified atom stereocenters. The number of benzene rings is 2. The molecule has 2 aromatic carbocycles. The van der Waals surface area contributed by atoms with E-state index in [4.69, 9.17) is 11.6 Å². The van der Waals surface area contributed by atoms with Crippen LogP contribution < -0.4 is 9.62 Å². The summed E-state index contributed by atoms with van der Waals surface area (Å²) >= 11 is 5.84. The average molecular weight is 412 g/mol. The molecule has 0 saturated heterocycles. The molecular weight excluding hydrogens is 394 g/mol. The number of nitro groups is 1. The topological polar surface area (TPSA) is 110 Å². The number of halogens is 1. The maximum atomic E-state index is 12.7. The molecule has 0 heterocycles. The summed E-state index contributed by atoms with van der Waals surface area (Å²) in [5.74, 6) is -0.626. The zero-order valence-electron chi connectivity index (χ0n) is 14.8. The van der Waals surface area contributed by atoms with Crippen molar-refractivity contribution in [2.45, 2.75) is 19.9 Å². The van der Waals surface area contributed by atoms with Crippen LogP contribution in [0.5, 0.6) is 0 Å². The maximum Gasteiger partial charge on any atom is 0.274 e. The Hall–Kier alpha value is -2.65. The van der Waals surface area contributed by atoms with E-state index in [9.17, 15) is 23.3 Å². The monoisotopic (exact) mass is 411 g/mol. The third-order valence-corrected chi connectivity index (χ3v) is 5.42. The summed E-state index contributed by atoms with van der Waals surface area (Å²) in [5.41, 5.74) is 0.657. The molecule has 0 aliphatic heterocycles. The first-order chi connectivity index (χ1) is 12.5. The second kappa shape index (κ2) is 7.93. The molecule has 1 N–H and O–H groups in total. The second-order valence-corrected chi connectivity index (χ2v) is 8.20. The summed E-state index contributed by atoms with van der Waals surface area (Å²) < 4.78 is 25.5. The molecule has 0 aromatic heterocycles. The molecule has 2 rings (SSSR count). The highest BCUT2D eigenvalue weighted by atomic mass is 35.5. The highest BCUT2D eigenvalue weighted by Crippen LogP contribution is 2.27. The molecule has 0 aliphatic rings. The van der Waals surface area contributed by atoms with E-state index >= 15 is 0 Å². The molecule has 144 valence electrons. The Morgan fingerprint density at radius 2 is 1.81 bits per heavy atom. The lowest BCUT2D eigenvalue weighted by molar-refractivity contribution is -0.385. The summed E-state index contributed by atoms with van der Waals surface area (Å²) in [6.07, 6.45) is 0.990. The minimum absolute atomic E-state index is 0.141. The lowest BCUT2D eigenvalue weighted by atomic mass is 10.1.